The number of ether oxygens (including phenoxy) is 2. The minimum atomic E-state index is -0.174. The summed E-state index contributed by atoms with van der Waals surface area (Å²) in [6.45, 7) is 19.0. The molecule has 2 aliphatic rings. The van der Waals surface area contributed by atoms with E-state index in [1.807, 2.05) is 0 Å². The Morgan fingerprint density at radius 2 is 0.917 bits per heavy atom. The Bertz CT molecular complexity index is 527. The molecule has 0 N–H and O–H groups in total. The Balaban J connectivity index is -0.0000000939. The first-order valence-corrected chi connectivity index (χ1v) is 13.5. The molecule has 0 bridgehead atoms. The second-order valence-electron chi connectivity index (χ2n) is 8.25. The van der Waals surface area contributed by atoms with E-state index in [0.717, 1.165) is 12.8 Å². The fourth-order valence-corrected chi connectivity index (χ4v) is 3.60. The third-order valence-electron chi connectivity index (χ3n) is 6.07. The van der Waals surface area contributed by atoms with Crippen LogP contribution in [-0.4, -0.2) is 37.5 Å². The van der Waals surface area contributed by atoms with Gasteiger partial charge in [-0.25, -0.2) is 0 Å². The van der Waals surface area contributed by atoms with E-state index in [0.29, 0.717) is 23.7 Å². The molecule has 0 saturated heterocycles. The van der Waals surface area contributed by atoms with Gasteiger partial charge in [0.15, 0.2) is 16.9 Å². The monoisotopic (exact) mass is 844 g/mol. The normalized spacial score (nSPS) is 27.1. The quantitative estimate of drug-likeness (QED) is 0.177. The predicted molar refractivity (Wildman–Crippen MR) is 130 cm³/mol. The van der Waals surface area contributed by atoms with Crippen LogP contribution in [0.1, 0.15) is 68.2 Å². The molecule has 2 aliphatic carbocycles. The molecule has 0 aliphatic heterocycles. The number of carbonyl (C=O) groups excluding carboxylic acids is 2. The average Bonchev–Trinajstić information content (AvgIpc) is 2.70. The van der Waals surface area contributed by atoms with Gasteiger partial charge in [-0.3, -0.25) is 30.6 Å². The molecule has 6 atom stereocenters. The van der Waals surface area contributed by atoms with E-state index in [2.05, 4.69) is 54.4 Å². The molecule has 2 rings (SSSR count). The molecule has 2 fully saturated rings. The van der Waals surface area contributed by atoms with Gasteiger partial charge in [-0.2, -0.15) is 13.8 Å². The van der Waals surface area contributed by atoms with Crippen molar-refractivity contribution in [2.45, 2.75) is 80.4 Å². The maximum atomic E-state index is 10.8. The minimum Gasteiger partial charge on any atom is -0.468 e. The number of esters is 2. The van der Waals surface area contributed by atoms with Gasteiger partial charge in [0.05, 0.1) is 12.2 Å². The summed E-state index contributed by atoms with van der Waals surface area (Å²) in [5.41, 5.74) is 0. The zero-order chi connectivity index (χ0) is 25.4. The molecule has 4 radical (unpaired) electrons. The average molecular weight is 844 g/mol. The van der Waals surface area contributed by atoms with Crippen molar-refractivity contribution in [3.05, 3.63) is 24.7 Å². The standard InChI is InChI=1S/2C11H18O2.2CH3OP.4Y/c2*1-7-5-6-11(13-10(4)12)9(3)8(7)2;2*1-3-2;;;;/h2*5,7,9,11H,6H2,1-4H3;2*1H3;;;;/q2*-2;;;;;;. The summed E-state index contributed by atoms with van der Waals surface area (Å²) in [6, 6.07) is 0. The molecule has 12 heteroatoms. The zero-order valence-corrected chi connectivity index (χ0v) is 36.8. The van der Waals surface area contributed by atoms with E-state index in [4.69, 9.17) is 18.6 Å². The summed E-state index contributed by atoms with van der Waals surface area (Å²) in [6.07, 6.45) is 6.35. The number of hydrogen-bond donors (Lipinski definition) is 0. The molecule has 6 unspecified atom stereocenters. The third-order valence-corrected chi connectivity index (χ3v) is 6.07. The van der Waals surface area contributed by atoms with Crippen molar-refractivity contribution in [1.82, 2.24) is 0 Å². The van der Waals surface area contributed by atoms with Gasteiger partial charge in [0.2, 0.25) is 0 Å². The van der Waals surface area contributed by atoms with Crippen molar-refractivity contribution in [3.8, 4) is 0 Å². The van der Waals surface area contributed by atoms with E-state index < -0.39 is 0 Å². The molecule has 0 aromatic heterocycles. The second kappa shape index (κ2) is 31.5. The van der Waals surface area contributed by atoms with Crippen molar-refractivity contribution in [2.24, 2.45) is 23.7 Å². The summed E-state index contributed by atoms with van der Waals surface area (Å²) in [7, 11) is 0.333. The number of carbonyl (C=O) groups is 2. The smallest absolute Gasteiger partial charge is 0.302 e. The summed E-state index contributed by atoms with van der Waals surface area (Å²) in [5.74, 6) is 4.38. The van der Waals surface area contributed by atoms with Crippen molar-refractivity contribution < 1.29 is 159 Å². The van der Waals surface area contributed by atoms with Crippen LogP contribution in [0.4, 0.5) is 0 Å². The largest absolute Gasteiger partial charge is 0.468 e. The van der Waals surface area contributed by atoms with Gasteiger partial charge in [-0.05, 0) is 0 Å². The SMILES string of the molecule is CC(=O)OC1C[CH-]C(C)[C-](C)C1C.CC(=O)OC1C[CH-]C(C)[C-](C)C1C.CP=O.CP=O.[Y].[Y].[Y].[Y]. The Kier molecular flexibility index (Phi) is 45.7. The maximum Gasteiger partial charge on any atom is 0.302 e. The van der Waals surface area contributed by atoms with Gasteiger partial charge in [0, 0.05) is 158 Å². The maximum absolute atomic E-state index is 10.8. The van der Waals surface area contributed by atoms with Crippen molar-refractivity contribution in [3.63, 3.8) is 0 Å². The molecule has 0 spiro atoms. The van der Waals surface area contributed by atoms with Crippen LogP contribution in [0.15, 0.2) is 0 Å². The van der Waals surface area contributed by atoms with E-state index in [1.54, 1.807) is 13.3 Å². The Labute approximate surface area is 324 Å². The van der Waals surface area contributed by atoms with Gasteiger partial charge in [-0.1, -0.05) is 13.8 Å². The van der Waals surface area contributed by atoms with E-state index >= 15 is 0 Å². The van der Waals surface area contributed by atoms with Crippen LogP contribution in [0.2, 0.25) is 0 Å². The fourth-order valence-electron chi connectivity index (χ4n) is 3.60. The summed E-state index contributed by atoms with van der Waals surface area (Å²) >= 11 is 0. The molecule has 0 heterocycles. The minimum absolute atomic E-state index is 0. The van der Waals surface area contributed by atoms with E-state index in [1.165, 1.54) is 25.7 Å². The van der Waals surface area contributed by atoms with Gasteiger partial charge in [0.1, 0.15) is 0 Å². The summed E-state index contributed by atoms with van der Waals surface area (Å²) in [5, 5.41) is 0. The molecule has 6 nitrogen and oxygen atoms in total. The molecule has 0 aromatic carbocycles. The summed E-state index contributed by atoms with van der Waals surface area (Å²) in [4.78, 5) is 21.6. The topological polar surface area (TPSA) is 86.7 Å². The van der Waals surface area contributed by atoms with E-state index in [9.17, 15) is 9.59 Å². The second-order valence-corrected chi connectivity index (χ2v) is 8.98. The van der Waals surface area contributed by atoms with Crippen LogP contribution in [0, 0.1) is 48.3 Å². The number of hydrogen-bond acceptors (Lipinski definition) is 6. The molecule has 2 saturated carbocycles. The molecule has 200 valence electrons. The van der Waals surface area contributed by atoms with Gasteiger partial charge >= 0.3 is 11.9 Å². The Morgan fingerprint density at radius 1 is 0.694 bits per heavy atom. The van der Waals surface area contributed by atoms with Crippen LogP contribution in [-0.2, 0) is 159 Å². The van der Waals surface area contributed by atoms with Crippen LogP contribution in [0.5, 0.6) is 0 Å². The van der Waals surface area contributed by atoms with Gasteiger partial charge in [0.25, 0.3) is 0 Å². The predicted octanol–water partition coefficient (Wildman–Crippen LogP) is 6.59. The van der Waals surface area contributed by atoms with Gasteiger partial charge < -0.3 is 34.2 Å². The molecule has 36 heavy (non-hydrogen) atoms. The van der Waals surface area contributed by atoms with E-state index in [-0.39, 0.29) is 172 Å². The zero-order valence-electron chi connectivity index (χ0n) is 23.7. The number of rotatable bonds is 2. The van der Waals surface area contributed by atoms with Crippen LogP contribution >= 0.6 is 16.9 Å². The van der Waals surface area contributed by atoms with Crippen molar-refractivity contribution in [2.75, 3.05) is 13.3 Å². The van der Waals surface area contributed by atoms with Crippen LogP contribution in [0.3, 0.4) is 0 Å². The fraction of sp³-hybridized carbons (Fsp3) is 0.750. The first-order valence-electron chi connectivity index (χ1n) is 11.0. The van der Waals surface area contributed by atoms with Crippen LogP contribution < -0.4 is 0 Å². The first kappa shape index (κ1) is 52.2. The Morgan fingerprint density at radius 3 is 1.11 bits per heavy atom. The first-order chi connectivity index (χ1) is 14.9. The third kappa shape index (κ3) is 24.2. The van der Waals surface area contributed by atoms with Crippen molar-refractivity contribution >= 4 is 28.9 Å². The molecule has 0 aromatic rings. The van der Waals surface area contributed by atoms with Crippen LogP contribution in [0.25, 0.3) is 0 Å². The van der Waals surface area contributed by atoms with Gasteiger partial charge in [-0.15, -0.1) is 38.5 Å². The molecule has 0 amide bonds. The molecular formula is C24H42O6P2Y4-4. The van der Waals surface area contributed by atoms with Crippen molar-refractivity contribution in [1.29, 1.82) is 0 Å². The molecular weight excluding hydrogens is 802 g/mol. The summed E-state index contributed by atoms with van der Waals surface area (Å²) < 4.78 is 28.3. The Hall–Kier alpha value is 3.56.